The second-order valence-electron chi connectivity index (χ2n) is 6.95. The third-order valence-electron chi connectivity index (χ3n) is 4.56. The van der Waals surface area contributed by atoms with Crippen LogP contribution in [0.15, 0.2) is 24.3 Å². The van der Waals surface area contributed by atoms with E-state index in [1.165, 1.54) is 0 Å². The largest absolute Gasteiger partial charge is 0.481 e. The molecule has 1 aliphatic heterocycles. The fourth-order valence-electron chi connectivity index (χ4n) is 2.98. The first-order valence-electron chi connectivity index (χ1n) is 9.68. The van der Waals surface area contributed by atoms with Gasteiger partial charge < -0.3 is 25.2 Å². The van der Waals surface area contributed by atoms with Gasteiger partial charge in [0.1, 0.15) is 0 Å². The fraction of sp³-hybridized carbons (Fsp3) is 0.750. The van der Waals surface area contributed by atoms with Crippen LogP contribution in [0, 0.1) is 0 Å². The van der Waals surface area contributed by atoms with E-state index in [9.17, 15) is 20.1 Å². The molecule has 0 aliphatic carbocycles. The van der Waals surface area contributed by atoms with Crippen molar-refractivity contribution >= 4 is 5.97 Å². The number of rotatable bonds is 13. The zero-order valence-corrected chi connectivity index (χ0v) is 15.7. The number of allylic oxidation sites excluding steroid dienone is 1. The molecule has 150 valence electrons. The summed E-state index contributed by atoms with van der Waals surface area (Å²) < 4.78 is 5.73. The Hall–Kier alpha value is -1.21. The van der Waals surface area contributed by atoms with Crippen LogP contribution < -0.4 is 0 Å². The van der Waals surface area contributed by atoms with Gasteiger partial charge in [-0.05, 0) is 25.7 Å². The van der Waals surface area contributed by atoms with Gasteiger partial charge in [-0.1, -0.05) is 50.5 Å². The van der Waals surface area contributed by atoms with Gasteiger partial charge in [0.2, 0.25) is 0 Å². The molecule has 0 bridgehead atoms. The Balaban J connectivity index is 2.30. The van der Waals surface area contributed by atoms with E-state index in [0.717, 1.165) is 19.3 Å². The number of hydrogen-bond acceptors (Lipinski definition) is 5. The van der Waals surface area contributed by atoms with E-state index in [4.69, 9.17) is 9.84 Å². The van der Waals surface area contributed by atoms with E-state index in [2.05, 4.69) is 6.92 Å². The minimum atomic E-state index is -0.852. The Bertz CT molecular complexity index is 448. The van der Waals surface area contributed by atoms with Crippen molar-refractivity contribution < 1.29 is 30.0 Å². The van der Waals surface area contributed by atoms with Crippen molar-refractivity contribution in [2.75, 3.05) is 0 Å². The maximum Gasteiger partial charge on any atom is 0.303 e. The monoisotopic (exact) mass is 370 g/mol. The predicted molar refractivity (Wildman–Crippen MR) is 99.8 cm³/mol. The fourth-order valence-corrected chi connectivity index (χ4v) is 2.98. The first kappa shape index (κ1) is 22.8. The summed E-state index contributed by atoms with van der Waals surface area (Å²) in [5.74, 6) is -0.798. The molecule has 4 N–H and O–H groups in total. The molecule has 26 heavy (non-hydrogen) atoms. The van der Waals surface area contributed by atoms with E-state index in [1.807, 2.05) is 12.2 Å². The summed E-state index contributed by atoms with van der Waals surface area (Å²) in [4.78, 5) is 10.4. The van der Waals surface area contributed by atoms with Crippen LogP contribution in [0.25, 0.3) is 0 Å². The molecular formula is C20H34O6. The van der Waals surface area contributed by atoms with Crippen molar-refractivity contribution in [3.8, 4) is 0 Å². The molecule has 0 saturated carbocycles. The molecule has 0 unspecified atom stereocenters. The maximum atomic E-state index is 10.4. The zero-order chi connectivity index (χ0) is 19.4. The molecule has 1 aliphatic rings. The van der Waals surface area contributed by atoms with E-state index in [0.29, 0.717) is 32.1 Å². The van der Waals surface area contributed by atoms with Crippen molar-refractivity contribution in [3.05, 3.63) is 24.3 Å². The van der Waals surface area contributed by atoms with Crippen LogP contribution >= 0.6 is 0 Å². The smallest absolute Gasteiger partial charge is 0.303 e. The summed E-state index contributed by atoms with van der Waals surface area (Å²) in [7, 11) is 0. The highest BCUT2D eigenvalue weighted by molar-refractivity contribution is 5.66. The topological polar surface area (TPSA) is 107 Å². The quantitative estimate of drug-likeness (QED) is 0.293. The highest BCUT2D eigenvalue weighted by Gasteiger charge is 2.36. The SMILES string of the molecule is CCCCC[C@@H](O)/C=C/[C@@H](O)[C@H]1C[C@H](O)[C@@H](C/C=C\CCCC(=O)O)O1. The first-order chi connectivity index (χ1) is 12.4. The van der Waals surface area contributed by atoms with Crippen LogP contribution in [-0.2, 0) is 9.53 Å². The predicted octanol–water partition coefficient (Wildman–Crippen LogP) is 2.56. The molecule has 1 rings (SSSR count). The molecule has 5 atom stereocenters. The highest BCUT2D eigenvalue weighted by Crippen LogP contribution is 2.26. The number of carboxylic acids is 1. The van der Waals surface area contributed by atoms with E-state index >= 15 is 0 Å². The lowest BCUT2D eigenvalue weighted by Crippen LogP contribution is -2.24. The Labute approximate surface area is 156 Å². The van der Waals surface area contributed by atoms with Gasteiger partial charge >= 0.3 is 5.97 Å². The number of hydrogen-bond donors (Lipinski definition) is 4. The molecular weight excluding hydrogens is 336 g/mol. The van der Waals surface area contributed by atoms with Gasteiger partial charge in [0.25, 0.3) is 0 Å². The number of unbranched alkanes of at least 4 members (excludes halogenated alkanes) is 3. The summed E-state index contributed by atoms with van der Waals surface area (Å²) >= 11 is 0. The summed E-state index contributed by atoms with van der Waals surface area (Å²) in [5.41, 5.74) is 0. The number of carboxylic acid groups (broad SMARTS) is 1. The molecule has 1 fully saturated rings. The lowest BCUT2D eigenvalue weighted by atomic mass is 10.0. The summed E-state index contributed by atoms with van der Waals surface area (Å²) in [6.07, 6.45) is 10.2. The number of ether oxygens (including phenoxy) is 1. The molecule has 0 aromatic heterocycles. The normalized spacial score (nSPS) is 25.9. The third-order valence-corrected chi connectivity index (χ3v) is 4.56. The standard InChI is InChI=1S/C20H34O6/c1-2-3-6-9-15(21)12-13-16(22)19-14-17(23)18(26-19)10-7-4-5-8-11-20(24)25/h4,7,12-13,15-19,21-23H,2-3,5-6,8-11,14H2,1H3,(H,24,25)/b7-4-,13-12+/t15-,16-,17+,18-,19-/m1/s1. The molecule has 0 aromatic carbocycles. The Morgan fingerprint density at radius 3 is 2.65 bits per heavy atom. The van der Waals surface area contributed by atoms with Gasteiger partial charge in [0.05, 0.1) is 30.5 Å². The maximum absolute atomic E-state index is 10.4. The van der Waals surface area contributed by atoms with Crippen molar-refractivity contribution in [2.24, 2.45) is 0 Å². The van der Waals surface area contributed by atoms with Gasteiger partial charge in [-0.15, -0.1) is 0 Å². The number of aliphatic carboxylic acids is 1. The second-order valence-corrected chi connectivity index (χ2v) is 6.95. The molecule has 1 saturated heterocycles. The van der Waals surface area contributed by atoms with Gasteiger partial charge in [-0.25, -0.2) is 0 Å². The molecule has 0 amide bonds. The third kappa shape index (κ3) is 9.48. The van der Waals surface area contributed by atoms with Crippen LogP contribution in [0.4, 0.5) is 0 Å². The summed E-state index contributed by atoms with van der Waals surface area (Å²) in [6, 6.07) is 0. The van der Waals surface area contributed by atoms with Crippen LogP contribution in [0.5, 0.6) is 0 Å². The average molecular weight is 370 g/mol. The van der Waals surface area contributed by atoms with Crippen LogP contribution in [0.1, 0.15) is 64.7 Å². The molecule has 0 spiro atoms. The highest BCUT2D eigenvalue weighted by atomic mass is 16.5. The van der Waals surface area contributed by atoms with E-state index in [-0.39, 0.29) is 12.5 Å². The molecule has 0 aromatic rings. The van der Waals surface area contributed by atoms with E-state index < -0.39 is 30.4 Å². The molecule has 0 radical (unpaired) electrons. The van der Waals surface area contributed by atoms with Gasteiger partial charge in [0, 0.05) is 12.8 Å². The summed E-state index contributed by atoms with van der Waals surface area (Å²) in [6.45, 7) is 2.11. The Morgan fingerprint density at radius 2 is 1.96 bits per heavy atom. The first-order valence-corrected chi connectivity index (χ1v) is 9.68. The summed E-state index contributed by atoms with van der Waals surface area (Å²) in [5, 5.41) is 38.7. The molecule has 1 heterocycles. The van der Waals surface area contributed by atoms with E-state index in [1.54, 1.807) is 12.2 Å². The van der Waals surface area contributed by atoms with Crippen molar-refractivity contribution in [1.29, 1.82) is 0 Å². The van der Waals surface area contributed by atoms with Crippen LogP contribution in [0.2, 0.25) is 0 Å². The van der Waals surface area contributed by atoms with Crippen molar-refractivity contribution in [3.63, 3.8) is 0 Å². The lowest BCUT2D eigenvalue weighted by molar-refractivity contribution is -0.137. The zero-order valence-electron chi connectivity index (χ0n) is 15.7. The number of aliphatic hydroxyl groups excluding tert-OH is 3. The Kier molecular flexibility index (Phi) is 11.4. The average Bonchev–Trinajstić information content (AvgIpc) is 2.97. The van der Waals surface area contributed by atoms with Crippen LogP contribution in [0.3, 0.4) is 0 Å². The minimum absolute atomic E-state index is 0.151. The number of aliphatic hydroxyl groups is 3. The lowest BCUT2D eigenvalue weighted by Gasteiger charge is -2.16. The van der Waals surface area contributed by atoms with Gasteiger partial charge in [-0.2, -0.15) is 0 Å². The molecule has 6 heteroatoms. The second kappa shape index (κ2) is 13.0. The minimum Gasteiger partial charge on any atom is -0.481 e. The number of carbonyl (C=O) groups is 1. The van der Waals surface area contributed by atoms with Crippen molar-refractivity contribution in [2.45, 2.75) is 95.2 Å². The van der Waals surface area contributed by atoms with Crippen molar-refractivity contribution in [1.82, 2.24) is 0 Å². The van der Waals surface area contributed by atoms with Gasteiger partial charge in [-0.3, -0.25) is 4.79 Å². The van der Waals surface area contributed by atoms with Crippen LogP contribution in [-0.4, -0.2) is 56.9 Å². The molecule has 6 nitrogen and oxygen atoms in total. The Morgan fingerprint density at radius 1 is 1.19 bits per heavy atom. The van der Waals surface area contributed by atoms with Gasteiger partial charge in [0.15, 0.2) is 0 Å².